The predicted octanol–water partition coefficient (Wildman–Crippen LogP) is 6.51. The summed E-state index contributed by atoms with van der Waals surface area (Å²) in [6.07, 6.45) is -10.4. The Morgan fingerprint density at radius 3 is 1.32 bits per heavy atom. The summed E-state index contributed by atoms with van der Waals surface area (Å²) in [7, 11) is 0. The van der Waals surface area contributed by atoms with Crippen LogP contribution in [0.3, 0.4) is 0 Å². The maximum atomic E-state index is 13.8. The summed E-state index contributed by atoms with van der Waals surface area (Å²) < 4.78 is 198. The third-order valence-electron chi connectivity index (χ3n) is 3.65. The van der Waals surface area contributed by atoms with Crippen molar-refractivity contribution in [1.82, 2.24) is 0 Å². The summed E-state index contributed by atoms with van der Waals surface area (Å²) >= 11 is 0.642. The number of rotatable bonds is 9. The minimum absolute atomic E-state index is 0.359. The van der Waals surface area contributed by atoms with Crippen molar-refractivity contribution in [2.75, 3.05) is 6.61 Å². The highest BCUT2D eigenvalue weighted by Crippen LogP contribution is 2.63. The highest BCUT2D eigenvalue weighted by molar-refractivity contribution is 14.1. The molecule has 0 fully saturated rings. The minimum atomic E-state index is -8.35. The second-order valence-corrected chi connectivity index (χ2v) is 8.55. The molecule has 0 aromatic heterocycles. The second-order valence-electron chi connectivity index (χ2n) is 6.17. The number of halogens is 16. The molecule has 0 amide bonds. The fourth-order valence-corrected chi connectivity index (χ4v) is 2.52. The molecular formula is C13H10F15IO2. The van der Waals surface area contributed by atoms with Crippen LogP contribution in [0.4, 0.5) is 65.9 Å². The number of ether oxygens (including phenoxy) is 1. The molecule has 1 unspecified atom stereocenters. The SMILES string of the molecule is CCOC(=O)C(C)(I)CC(F)(F)C(F)(F)C(F)(F)C(F)(F)C(F)(F)C(F)(F)C(F)(F)F. The fraction of sp³-hybridized carbons (Fsp3) is 0.923. The van der Waals surface area contributed by atoms with Gasteiger partial charge in [-0.15, -0.1) is 0 Å². The first-order valence-corrected chi connectivity index (χ1v) is 8.46. The lowest BCUT2D eigenvalue weighted by atomic mass is 9.88. The van der Waals surface area contributed by atoms with Gasteiger partial charge in [-0.05, 0) is 13.8 Å². The quantitative estimate of drug-likeness (QED) is 0.129. The Bertz CT molecular complexity index is 668. The molecule has 0 spiro atoms. The van der Waals surface area contributed by atoms with Crippen LogP contribution in [-0.2, 0) is 9.53 Å². The van der Waals surface area contributed by atoms with E-state index in [2.05, 4.69) is 4.74 Å². The summed E-state index contributed by atoms with van der Waals surface area (Å²) in [6, 6.07) is 0. The van der Waals surface area contributed by atoms with Gasteiger partial charge >= 0.3 is 47.7 Å². The summed E-state index contributed by atoms with van der Waals surface area (Å²) in [5.74, 6) is -48.8. The van der Waals surface area contributed by atoms with Crippen LogP contribution in [-0.4, -0.2) is 57.7 Å². The lowest BCUT2D eigenvalue weighted by molar-refractivity contribution is -0.452. The van der Waals surface area contributed by atoms with Gasteiger partial charge in [-0.25, -0.2) is 0 Å². The van der Waals surface area contributed by atoms with Crippen molar-refractivity contribution < 1.29 is 75.4 Å². The Morgan fingerprint density at radius 2 is 1.00 bits per heavy atom. The molecule has 0 aliphatic carbocycles. The van der Waals surface area contributed by atoms with Gasteiger partial charge in [0, 0.05) is 6.42 Å². The van der Waals surface area contributed by atoms with Crippen LogP contribution in [0.25, 0.3) is 0 Å². The smallest absolute Gasteiger partial charge is 0.460 e. The number of hydrogen-bond acceptors (Lipinski definition) is 2. The summed E-state index contributed by atoms with van der Waals surface area (Å²) in [5.41, 5.74) is 0. The van der Waals surface area contributed by atoms with E-state index in [9.17, 15) is 70.7 Å². The van der Waals surface area contributed by atoms with Crippen LogP contribution >= 0.6 is 22.6 Å². The molecule has 0 aliphatic heterocycles. The molecule has 31 heavy (non-hydrogen) atoms. The van der Waals surface area contributed by atoms with Crippen LogP contribution in [0.2, 0.25) is 0 Å². The van der Waals surface area contributed by atoms with E-state index < -0.39 is 64.1 Å². The zero-order chi connectivity index (χ0) is 25.7. The monoisotopic (exact) mass is 610 g/mol. The van der Waals surface area contributed by atoms with E-state index in [1.807, 2.05) is 0 Å². The van der Waals surface area contributed by atoms with Crippen molar-refractivity contribution in [2.45, 2.75) is 65.4 Å². The van der Waals surface area contributed by atoms with E-state index in [4.69, 9.17) is 0 Å². The van der Waals surface area contributed by atoms with Crippen molar-refractivity contribution in [1.29, 1.82) is 0 Å². The number of carbonyl (C=O) groups excluding carboxylic acids is 1. The van der Waals surface area contributed by atoms with Crippen LogP contribution < -0.4 is 0 Å². The lowest BCUT2D eigenvalue weighted by Crippen LogP contribution is -2.72. The Morgan fingerprint density at radius 1 is 0.677 bits per heavy atom. The van der Waals surface area contributed by atoms with Crippen molar-refractivity contribution >= 4 is 28.6 Å². The van der Waals surface area contributed by atoms with Crippen molar-refractivity contribution in [3.63, 3.8) is 0 Å². The average Bonchev–Trinajstić information content (AvgIpc) is 2.51. The van der Waals surface area contributed by atoms with Gasteiger partial charge in [0.05, 0.1) is 6.61 Å². The van der Waals surface area contributed by atoms with Crippen molar-refractivity contribution in [2.24, 2.45) is 0 Å². The molecule has 0 heterocycles. The number of hydrogen-bond donors (Lipinski definition) is 0. The molecule has 0 N–H and O–H groups in total. The van der Waals surface area contributed by atoms with E-state index in [0.717, 1.165) is 6.92 Å². The molecule has 18 heteroatoms. The van der Waals surface area contributed by atoms with E-state index in [1.54, 1.807) is 0 Å². The first-order chi connectivity index (χ1) is 13.2. The van der Waals surface area contributed by atoms with E-state index in [-0.39, 0.29) is 0 Å². The van der Waals surface area contributed by atoms with Crippen LogP contribution in [0.1, 0.15) is 20.3 Å². The van der Waals surface area contributed by atoms with Crippen LogP contribution in [0.5, 0.6) is 0 Å². The molecule has 0 rings (SSSR count). The number of alkyl halides is 16. The molecule has 0 aromatic carbocycles. The molecule has 0 saturated carbocycles. The van der Waals surface area contributed by atoms with Gasteiger partial charge in [-0.2, -0.15) is 65.9 Å². The summed E-state index contributed by atoms with van der Waals surface area (Å²) in [6.45, 7) is 0.875. The lowest BCUT2D eigenvalue weighted by Gasteiger charge is -2.42. The van der Waals surface area contributed by atoms with E-state index >= 15 is 0 Å². The Balaban J connectivity index is 6.47. The highest BCUT2D eigenvalue weighted by atomic mass is 127. The van der Waals surface area contributed by atoms with Gasteiger partial charge in [0.15, 0.2) is 0 Å². The Kier molecular flexibility index (Phi) is 7.95. The van der Waals surface area contributed by atoms with Crippen molar-refractivity contribution in [3.8, 4) is 0 Å². The zero-order valence-electron chi connectivity index (χ0n) is 14.8. The molecule has 186 valence electrons. The van der Waals surface area contributed by atoms with Crippen molar-refractivity contribution in [3.05, 3.63) is 0 Å². The number of carbonyl (C=O) groups is 1. The topological polar surface area (TPSA) is 26.3 Å². The predicted molar refractivity (Wildman–Crippen MR) is 79.4 cm³/mol. The molecule has 2 nitrogen and oxygen atoms in total. The number of esters is 1. The van der Waals surface area contributed by atoms with E-state index in [1.165, 1.54) is 0 Å². The minimum Gasteiger partial charge on any atom is -0.465 e. The highest BCUT2D eigenvalue weighted by Gasteiger charge is 2.93. The molecule has 0 bridgehead atoms. The van der Waals surface area contributed by atoms with Gasteiger partial charge in [0.1, 0.15) is 3.42 Å². The first kappa shape index (κ1) is 30.1. The van der Waals surface area contributed by atoms with Gasteiger partial charge in [0.2, 0.25) is 0 Å². The Hall–Kier alpha value is -0.850. The zero-order valence-corrected chi connectivity index (χ0v) is 16.9. The van der Waals surface area contributed by atoms with Gasteiger partial charge in [0.25, 0.3) is 0 Å². The summed E-state index contributed by atoms with van der Waals surface area (Å²) in [5, 5.41) is 0. The molecule has 1 atom stereocenters. The van der Waals surface area contributed by atoms with E-state index in [0.29, 0.717) is 29.5 Å². The molecule has 0 aliphatic rings. The first-order valence-electron chi connectivity index (χ1n) is 7.38. The normalized spacial score (nSPS) is 17.4. The molecule has 0 saturated heterocycles. The maximum Gasteiger partial charge on any atom is 0.460 e. The fourth-order valence-electron chi connectivity index (χ4n) is 1.88. The van der Waals surface area contributed by atoms with Gasteiger partial charge in [-0.3, -0.25) is 4.79 Å². The summed E-state index contributed by atoms with van der Waals surface area (Å²) in [4.78, 5) is 11.4. The second kappa shape index (κ2) is 8.18. The third kappa shape index (κ3) is 4.63. The third-order valence-corrected chi connectivity index (χ3v) is 4.47. The van der Waals surface area contributed by atoms with Gasteiger partial charge < -0.3 is 4.74 Å². The largest absolute Gasteiger partial charge is 0.465 e. The average molecular weight is 610 g/mol. The molecule has 0 aromatic rings. The Labute approximate surface area is 176 Å². The molecule has 0 radical (unpaired) electrons. The molecular weight excluding hydrogens is 600 g/mol. The van der Waals surface area contributed by atoms with Crippen LogP contribution in [0, 0.1) is 0 Å². The maximum absolute atomic E-state index is 13.8. The van der Waals surface area contributed by atoms with Gasteiger partial charge in [-0.1, -0.05) is 22.6 Å². The van der Waals surface area contributed by atoms with Crippen LogP contribution in [0.15, 0.2) is 0 Å². The standard InChI is InChI=1S/C13H10F15IO2/c1-3-31-5(30)6(2,29)4-7(14,15)8(16,17)9(18,19)10(20,21)11(22,23)12(24,25)13(26,27)28/h3-4H2,1-2H3.